The fourth-order valence-corrected chi connectivity index (χ4v) is 2.15. The highest BCUT2D eigenvalue weighted by atomic mass is 16.5. The summed E-state index contributed by atoms with van der Waals surface area (Å²) in [4.78, 5) is 2.31. The van der Waals surface area contributed by atoms with Gasteiger partial charge in [0.15, 0.2) is 0 Å². The first-order valence-corrected chi connectivity index (χ1v) is 6.39. The van der Waals surface area contributed by atoms with Crippen LogP contribution in [0.1, 0.15) is 26.7 Å². The lowest BCUT2D eigenvalue weighted by molar-refractivity contribution is 0.0133. The Kier molecular flexibility index (Phi) is 6.28. The highest BCUT2D eigenvalue weighted by molar-refractivity contribution is 4.77. The molecule has 1 rings (SSSR count). The van der Waals surface area contributed by atoms with Gasteiger partial charge in [-0.25, -0.2) is 0 Å². The summed E-state index contributed by atoms with van der Waals surface area (Å²) in [6.45, 7) is 8.28. The van der Waals surface area contributed by atoms with Gasteiger partial charge in [-0.2, -0.15) is 0 Å². The molecule has 3 atom stereocenters. The van der Waals surface area contributed by atoms with Gasteiger partial charge in [-0.3, -0.25) is 0 Å². The Morgan fingerprint density at radius 3 is 2.88 bits per heavy atom. The van der Waals surface area contributed by atoms with E-state index < -0.39 is 0 Å². The Balaban J connectivity index is 2.21. The molecule has 0 aromatic rings. The summed E-state index contributed by atoms with van der Waals surface area (Å²) in [6, 6.07) is 0. The van der Waals surface area contributed by atoms with E-state index in [1.165, 1.54) is 0 Å². The van der Waals surface area contributed by atoms with Crippen molar-refractivity contribution in [1.82, 2.24) is 4.90 Å². The molecule has 1 fully saturated rings. The van der Waals surface area contributed by atoms with Gasteiger partial charge in [-0.05, 0) is 32.2 Å². The van der Waals surface area contributed by atoms with Gasteiger partial charge in [0.1, 0.15) is 0 Å². The van der Waals surface area contributed by atoms with Gasteiger partial charge < -0.3 is 20.5 Å². The summed E-state index contributed by atoms with van der Waals surface area (Å²) in [5.41, 5.74) is 5.63. The molecule has 1 saturated heterocycles. The molecule has 0 aromatic heterocycles. The molecule has 0 amide bonds. The molecule has 1 heterocycles. The van der Waals surface area contributed by atoms with E-state index in [1.807, 2.05) is 6.92 Å². The van der Waals surface area contributed by atoms with Crippen molar-refractivity contribution in [3.8, 4) is 0 Å². The summed E-state index contributed by atoms with van der Waals surface area (Å²) in [5, 5.41) is 9.78. The standard InChI is InChI=1S/C12H26N2O2/c1-3-16-11(8-13)5-7-14-6-4-10(2)12(15)9-14/h10-12,15H,3-9,13H2,1-2H3. The van der Waals surface area contributed by atoms with Gasteiger partial charge in [0, 0.05) is 26.2 Å². The Labute approximate surface area is 98.8 Å². The number of hydrogen-bond donors (Lipinski definition) is 2. The van der Waals surface area contributed by atoms with Crippen LogP contribution in [-0.2, 0) is 4.74 Å². The van der Waals surface area contributed by atoms with Gasteiger partial charge >= 0.3 is 0 Å². The molecule has 16 heavy (non-hydrogen) atoms. The van der Waals surface area contributed by atoms with Crippen LogP contribution in [0.3, 0.4) is 0 Å². The number of piperidine rings is 1. The minimum atomic E-state index is -0.169. The van der Waals surface area contributed by atoms with E-state index >= 15 is 0 Å². The van der Waals surface area contributed by atoms with Crippen LogP contribution in [0, 0.1) is 5.92 Å². The highest BCUT2D eigenvalue weighted by Gasteiger charge is 2.24. The van der Waals surface area contributed by atoms with Crippen LogP contribution in [-0.4, -0.2) is 55.0 Å². The summed E-state index contributed by atoms with van der Waals surface area (Å²) >= 11 is 0. The number of hydrogen-bond acceptors (Lipinski definition) is 4. The molecule has 0 spiro atoms. The topological polar surface area (TPSA) is 58.7 Å². The molecule has 1 aliphatic heterocycles. The average Bonchev–Trinajstić information content (AvgIpc) is 2.28. The van der Waals surface area contributed by atoms with Crippen LogP contribution < -0.4 is 5.73 Å². The third kappa shape index (κ3) is 4.37. The summed E-state index contributed by atoms with van der Waals surface area (Å²) in [6.07, 6.45) is 2.05. The summed E-state index contributed by atoms with van der Waals surface area (Å²) < 4.78 is 5.52. The number of nitrogens with zero attached hydrogens (tertiary/aromatic N) is 1. The van der Waals surface area contributed by atoms with Crippen LogP contribution in [0.4, 0.5) is 0 Å². The van der Waals surface area contributed by atoms with Crippen molar-refractivity contribution in [3.05, 3.63) is 0 Å². The van der Waals surface area contributed by atoms with Gasteiger partial charge in [-0.1, -0.05) is 6.92 Å². The van der Waals surface area contributed by atoms with E-state index in [2.05, 4.69) is 11.8 Å². The third-order valence-electron chi connectivity index (χ3n) is 3.44. The Bertz CT molecular complexity index is 190. The maximum atomic E-state index is 9.78. The zero-order valence-corrected chi connectivity index (χ0v) is 10.6. The second kappa shape index (κ2) is 7.22. The average molecular weight is 230 g/mol. The Morgan fingerprint density at radius 2 is 2.31 bits per heavy atom. The first kappa shape index (κ1) is 13.9. The van der Waals surface area contributed by atoms with E-state index in [0.29, 0.717) is 12.5 Å². The van der Waals surface area contributed by atoms with Crippen LogP contribution >= 0.6 is 0 Å². The molecular formula is C12H26N2O2. The first-order valence-electron chi connectivity index (χ1n) is 6.39. The largest absolute Gasteiger partial charge is 0.392 e. The van der Waals surface area contributed by atoms with Gasteiger partial charge in [0.05, 0.1) is 12.2 Å². The maximum Gasteiger partial charge on any atom is 0.0709 e. The number of nitrogens with two attached hydrogens (primary N) is 1. The molecule has 3 N–H and O–H groups in total. The van der Waals surface area contributed by atoms with E-state index in [9.17, 15) is 5.11 Å². The molecule has 96 valence electrons. The highest BCUT2D eigenvalue weighted by Crippen LogP contribution is 2.17. The van der Waals surface area contributed by atoms with E-state index in [4.69, 9.17) is 10.5 Å². The fraction of sp³-hybridized carbons (Fsp3) is 1.00. The van der Waals surface area contributed by atoms with Crippen molar-refractivity contribution >= 4 is 0 Å². The molecule has 3 unspecified atom stereocenters. The van der Waals surface area contributed by atoms with E-state index in [1.54, 1.807) is 0 Å². The van der Waals surface area contributed by atoms with Crippen molar-refractivity contribution in [2.45, 2.75) is 38.9 Å². The van der Waals surface area contributed by atoms with Crippen LogP contribution in [0.2, 0.25) is 0 Å². The van der Waals surface area contributed by atoms with Gasteiger partial charge in [-0.15, -0.1) is 0 Å². The van der Waals surface area contributed by atoms with E-state index in [-0.39, 0.29) is 12.2 Å². The molecule has 0 aliphatic carbocycles. The zero-order valence-electron chi connectivity index (χ0n) is 10.6. The lowest BCUT2D eigenvalue weighted by atomic mass is 9.96. The van der Waals surface area contributed by atoms with Crippen molar-refractivity contribution in [2.75, 3.05) is 32.8 Å². The minimum absolute atomic E-state index is 0.168. The van der Waals surface area contributed by atoms with Gasteiger partial charge in [0.2, 0.25) is 0 Å². The molecule has 0 aromatic carbocycles. The minimum Gasteiger partial charge on any atom is -0.392 e. The maximum absolute atomic E-state index is 9.78. The second-order valence-corrected chi connectivity index (χ2v) is 4.74. The van der Waals surface area contributed by atoms with Crippen molar-refractivity contribution in [2.24, 2.45) is 11.7 Å². The molecule has 0 saturated carbocycles. The number of likely N-dealkylation sites (tertiary alicyclic amines) is 1. The van der Waals surface area contributed by atoms with Crippen molar-refractivity contribution in [3.63, 3.8) is 0 Å². The van der Waals surface area contributed by atoms with Crippen LogP contribution in [0.25, 0.3) is 0 Å². The summed E-state index contributed by atoms with van der Waals surface area (Å²) in [7, 11) is 0. The molecular weight excluding hydrogens is 204 g/mol. The van der Waals surface area contributed by atoms with Crippen LogP contribution in [0.5, 0.6) is 0 Å². The zero-order chi connectivity index (χ0) is 12.0. The second-order valence-electron chi connectivity index (χ2n) is 4.74. The molecule has 1 aliphatic rings. The Hall–Kier alpha value is -0.160. The Morgan fingerprint density at radius 1 is 1.56 bits per heavy atom. The normalized spacial score (nSPS) is 29.2. The lowest BCUT2D eigenvalue weighted by Gasteiger charge is -2.34. The van der Waals surface area contributed by atoms with Crippen LogP contribution in [0.15, 0.2) is 0 Å². The number of rotatable bonds is 6. The predicted molar refractivity (Wildman–Crippen MR) is 65.3 cm³/mol. The quantitative estimate of drug-likeness (QED) is 0.695. The molecule has 0 radical (unpaired) electrons. The molecule has 0 bridgehead atoms. The van der Waals surface area contributed by atoms with Gasteiger partial charge in [0.25, 0.3) is 0 Å². The van der Waals surface area contributed by atoms with Crippen molar-refractivity contribution in [1.29, 1.82) is 0 Å². The summed E-state index contributed by atoms with van der Waals surface area (Å²) in [5.74, 6) is 0.438. The predicted octanol–water partition coefficient (Wildman–Crippen LogP) is 0.443. The molecule has 4 nitrogen and oxygen atoms in total. The number of aliphatic hydroxyl groups excluding tert-OH is 1. The third-order valence-corrected chi connectivity index (χ3v) is 3.44. The number of ether oxygens (including phenoxy) is 1. The number of β-amino-alcohol motifs (C(OH)–C–C–N with tert-alkyl or cyclic N) is 1. The monoisotopic (exact) mass is 230 g/mol. The fourth-order valence-electron chi connectivity index (χ4n) is 2.15. The van der Waals surface area contributed by atoms with Crippen molar-refractivity contribution < 1.29 is 9.84 Å². The number of aliphatic hydroxyl groups is 1. The first-order chi connectivity index (χ1) is 7.67. The smallest absolute Gasteiger partial charge is 0.0709 e. The molecule has 4 heteroatoms. The van der Waals surface area contributed by atoms with E-state index in [0.717, 1.165) is 39.1 Å². The lowest BCUT2D eigenvalue weighted by Crippen LogP contribution is -2.44. The SMILES string of the molecule is CCOC(CN)CCN1CCC(C)C(O)C1.